The van der Waals surface area contributed by atoms with Gasteiger partial charge in [-0.3, -0.25) is 4.79 Å². The number of amides is 1. The van der Waals surface area contributed by atoms with E-state index in [1.54, 1.807) is 48.5 Å². The number of esters is 1. The normalized spacial score (nSPS) is 10.3. The Labute approximate surface area is 135 Å². The number of rotatable bonds is 5. The lowest BCUT2D eigenvalue weighted by Crippen LogP contribution is -2.17. The Balaban J connectivity index is 2.15. The number of anilines is 1. The summed E-state index contributed by atoms with van der Waals surface area (Å²) in [5.74, 6) is -0.187. The third-order valence-corrected chi connectivity index (χ3v) is 3.06. The van der Waals surface area contributed by atoms with Crippen LogP contribution >= 0.6 is 0 Å². The van der Waals surface area contributed by atoms with Crippen LogP contribution in [0.1, 0.15) is 34.6 Å². The van der Waals surface area contributed by atoms with E-state index in [0.29, 0.717) is 5.69 Å². The molecule has 2 rings (SSSR count). The van der Waals surface area contributed by atoms with Gasteiger partial charge in [-0.1, -0.05) is 12.1 Å². The maximum Gasteiger partial charge on any atom is 0.338 e. The van der Waals surface area contributed by atoms with Crippen LogP contribution in [0.4, 0.5) is 5.69 Å². The highest BCUT2D eigenvalue weighted by molar-refractivity contribution is 6.11. The fourth-order valence-corrected chi connectivity index (χ4v) is 2.06. The highest BCUT2D eigenvalue weighted by Gasteiger charge is 2.17. The van der Waals surface area contributed by atoms with Crippen LogP contribution in [-0.2, 0) is 4.74 Å². The van der Waals surface area contributed by atoms with Crippen molar-refractivity contribution in [3.63, 3.8) is 0 Å². The molecule has 0 spiro atoms. The molecule has 120 valence electrons. The fourth-order valence-electron chi connectivity index (χ4n) is 2.06. The van der Waals surface area contributed by atoms with Crippen LogP contribution < -0.4 is 10.1 Å². The molecule has 0 aromatic heterocycles. The topological polar surface area (TPSA) is 64.6 Å². The second-order valence-corrected chi connectivity index (χ2v) is 5.18. The molecule has 1 N–H and O–H groups in total. The minimum Gasteiger partial charge on any atom is -0.491 e. The van der Waals surface area contributed by atoms with E-state index in [0.717, 1.165) is 5.75 Å². The van der Waals surface area contributed by atoms with E-state index in [1.807, 2.05) is 13.8 Å². The summed E-state index contributed by atoms with van der Waals surface area (Å²) < 4.78 is 10.2. The first kappa shape index (κ1) is 16.5. The second-order valence-electron chi connectivity index (χ2n) is 5.18. The maximum atomic E-state index is 12.4. The number of hydrogen-bond acceptors (Lipinski definition) is 4. The molecule has 0 unspecified atom stereocenters. The van der Waals surface area contributed by atoms with E-state index in [-0.39, 0.29) is 23.1 Å². The number of carbonyl (C=O) groups excluding carboxylic acids is 2. The van der Waals surface area contributed by atoms with Crippen molar-refractivity contribution in [1.29, 1.82) is 0 Å². The molecule has 2 aromatic rings. The molecule has 23 heavy (non-hydrogen) atoms. The molecule has 1 amide bonds. The molecule has 2 aromatic carbocycles. The van der Waals surface area contributed by atoms with E-state index in [2.05, 4.69) is 5.32 Å². The van der Waals surface area contributed by atoms with Crippen LogP contribution in [0.15, 0.2) is 48.5 Å². The average molecular weight is 313 g/mol. The van der Waals surface area contributed by atoms with Crippen molar-refractivity contribution in [2.24, 2.45) is 0 Å². The van der Waals surface area contributed by atoms with Gasteiger partial charge in [0, 0.05) is 5.69 Å². The Morgan fingerprint density at radius 1 is 0.957 bits per heavy atom. The lowest BCUT2D eigenvalue weighted by molar-refractivity contribution is 0.0597. The average Bonchev–Trinajstić information content (AvgIpc) is 2.55. The highest BCUT2D eigenvalue weighted by Crippen LogP contribution is 2.18. The molecule has 0 saturated heterocycles. The third-order valence-electron chi connectivity index (χ3n) is 3.06. The van der Waals surface area contributed by atoms with Gasteiger partial charge >= 0.3 is 5.97 Å². The van der Waals surface area contributed by atoms with Gasteiger partial charge < -0.3 is 14.8 Å². The van der Waals surface area contributed by atoms with Crippen molar-refractivity contribution >= 4 is 17.6 Å². The van der Waals surface area contributed by atoms with Gasteiger partial charge in [0.15, 0.2) is 0 Å². The molecule has 0 bridgehead atoms. The molecule has 5 heteroatoms. The number of benzene rings is 2. The second kappa shape index (κ2) is 7.45. The molecule has 0 aliphatic heterocycles. The molecule has 0 radical (unpaired) electrons. The van der Waals surface area contributed by atoms with Crippen LogP contribution in [0, 0.1) is 0 Å². The first-order valence-electron chi connectivity index (χ1n) is 7.26. The zero-order valence-electron chi connectivity index (χ0n) is 13.3. The van der Waals surface area contributed by atoms with Crippen molar-refractivity contribution in [1.82, 2.24) is 0 Å². The monoisotopic (exact) mass is 313 g/mol. The van der Waals surface area contributed by atoms with Gasteiger partial charge in [-0.2, -0.15) is 0 Å². The number of hydrogen-bond donors (Lipinski definition) is 1. The van der Waals surface area contributed by atoms with Crippen LogP contribution in [-0.4, -0.2) is 25.1 Å². The first-order valence-corrected chi connectivity index (χ1v) is 7.26. The van der Waals surface area contributed by atoms with Crippen molar-refractivity contribution < 1.29 is 19.1 Å². The summed E-state index contributed by atoms with van der Waals surface area (Å²) in [6.45, 7) is 3.89. The summed E-state index contributed by atoms with van der Waals surface area (Å²) in [5.41, 5.74) is 1.11. The van der Waals surface area contributed by atoms with Crippen LogP contribution in [0.25, 0.3) is 0 Å². The Morgan fingerprint density at radius 2 is 1.57 bits per heavy atom. The molecule has 0 fully saturated rings. The third kappa shape index (κ3) is 4.32. The van der Waals surface area contributed by atoms with Gasteiger partial charge in [-0.25, -0.2) is 4.79 Å². The van der Waals surface area contributed by atoms with Crippen LogP contribution in [0.3, 0.4) is 0 Å². The Hall–Kier alpha value is -2.82. The lowest BCUT2D eigenvalue weighted by atomic mass is 10.1. The summed E-state index contributed by atoms with van der Waals surface area (Å²) in [6, 6.07) is 13.6. The summed E-state index contributed by atoms with van der Waals surface area (Å²) in [6.07, 6.45) is 0.0855. The first-order chi connectivity index (χ1) is 11.0. The number of carbonyl (C=O) groups is 2. The highest BCUT2D eigenvalue weighted by atomic mass is 16.5. The summed E-state index contributed by atoms with van der Waals surface area (Å²) >= 11 is 0. The van der Waals surface area contributed by atoms with Crippen LogP contribution in [0.5, 0.6) is 5.75 Å². The molecule has 0 aliphatic carbocycles. The van der Waals surface area contributed by atoms with Gasteiger partial charge in [0.1, 0.15) is 5.75 Å². The minimum atomic E-state index is -0.545. The van der Waals surface area contributed by atoms with Crippen molar-refractivity contribution in [2.75, 3.05) is 12.4 Å². The molecule has 0 heterocycles. The van der Waals surface area contributed by atoms with Crippen LogP contribution in [0.2, 0.25) is 0 Å². The zero-order valence-corrected chi connectivity index (χ0v) is 13.3. The zero-order chi connectivity index (χ0) is 16.8. The predicted molar refractivity (Wildman–Crippen MR) is 87.9 cm³/mol. The molecule has 0 saturated carbocycles. The van der Waals surface area contributed by atoms with Gasteiger partial charge in [0.2, 0.25) is 0 Å². The minimum absolute atomic E-state index is 0.0855. The molecule has 0 atom stereocenters. The Kier molecular flexibility index (Phi) is 5.36. The van der Waals surface area contributed by atoms with E-state index in [1.165, 1.54) is 7.11 Å². The lowest BCUT2D eigenvalue weighted by Gasteiger charge is -2.11. The summed E-state index contributed by atoms with van der Waals surface area (Å²) in [7, 11) is 1.28. The fraction of sp³-hybridized carbons (Fsp3) is 0.222. The summed E-state index contributed by atoms with van der Waals surface area (Å²) in [5, 5.41) is 2.76. The molecule has 0 aliphatic rings. The SMILES string of the molecule is COC(=O)c1ccccc1C(=O)Nc1ccc(OC(C)C)cc1. The number of ether oxygens (including phenoxy) is 2. The van der Waals surface area contributed by atoms with Crippen molar-refractivity contribution in [3.05, 3.63) is 59.7 Å². The van der Waals surface area contributed by atoms with Gasteiger partial charge in [0.05, 0.1) is 24.3 Å². The largest absolute Gasteiger partial charge is 0.491 e. The Morgan fingerprint density at radius 3 is 2.13 bits per heavy atom. The van der Waals surface area contributed by atoms with E-state index in [4.69, 9.17) is 9.47 Å². The van der Waals surface area contributed by atoms with Gasteiger partial charge in [-0.05, 0) is 50.2 Å². The Bertz CT molecular complexity index is 692. The molecular weight excluding hydrogens is 294 g/mol. The van der Waals surface area contributed by atoms with Gasteiger partial charge in [-0.15, -0.1) is 0 Å². The van der Waals surface area contributed by atoms with E-state index in [9.17, 15) is 9.59 Å². The van der Waals surface area contributed by atoms with E-state index < -0.39 is 5.97 Å². The quantitative estimate of drug-likeness (QED) is 0.858. The predicted octanol–water partition coefficient (Wildman–Crippen LogP) is 3.51. The van der Waals surface area contributed by atoms with Crippen molar-refractivity contribution in [3.8, 4) is 5.75 Å². The summed E-state index contributed by atoms with van der Waals surface area (Å²) in [4.78, 5) is 24.1. The van der Waals surface area contributed by atoms with Crippen molar-refractivity contribution in [2.45, 2.75) is 20.0 Å². The van der Waals surface area contributed by atoms with E-state index >= 15 is 0 Å². The smallest absolute Gasteiger partial charge is 0.338 e. The number of nitrogens with one attached hydrogen (secondary N) is 1. The molecular formula is C18H19NO4. The van der Waals surface area contributed by atoms with Gasteiger partial charge in [0.25, 0.3) is 5.91 Å². The standard InChI is InChI=1S/C18H19NO4/c1-12(2)23-14-10-8-13(9-11-14)19-17(20)15-6-4-5-7-16(15)18(21)22-3/h4-12H,1-3H3,(H,19,20). The molecule has 5 nitrogen and oxygen atoms in total. The maximum absolute atomic E-state index is 12.4. The number of methoxy groups -OCH3 is 1.